The molecule has 6 heteroatoms. The van der Waals surface area contributed by atoms with Gasteiger partial charge in [0.05, 0.1) is 12.8 Å². The molecular formula is C14H18O4S2. The molecule has 20 heavy (non-hydrogen) atoms. The lowest BCUT2D eigenvalue weighted by atomic mass is 10.1. The monoisotopic (exact) mass is 314 g/mol. The predicted octanol–water partition coefficient (Wildman–Crippen LogP) is 2.41. The first-order chi connectivity index (χ1) is 9.65. The zero-order chi connectivity index (χ0) is 14.8. The summed E-state index contributed by atoms with van der Waals surface area (Å²) in [5.74, 6) is 0.399. The molecule has 0 atom stereocenters. The van der Waals surface area contributed by atoms with Gasteiger partial charge in [0.15, 0.2) is 0 Å². The van der Waals surface area contributed by atoms with Crippen molar-refractivity contribution in [2.24, 2.45) is 0 Å². The van der Waals surface area contributed by atoms with E-state index < -0.39 is 0 Å². The van der Waals surface area contributed by atoms with E-state index in [1.165, 1.54) is 0 Å². The van der Waals surface area contributed by atoms with Gasteiger partial charge in [-0.05, 0) is 17.2 Å². The second kappa shape index (κ2) is 9.72. The van der Waals surface area contributed by atoms with Gasteiger partial charge >= 0.3 is 11.9 Å². The van der Waals surface area contributed by atoms with Crippen LogP contribution in [0.5, 0.6) is 0 Å². The number of ether oxygens (including phenoxy) is 2. The summed E-state index contributed by atoms with van der Waals surface area (Å²) in [5, 5.41) is 0. The summed E-state index contributed by atoms with van der Waals surface area (Å²) in [4.78, 5) is 22.5. The molecule has 0 N–H and O–H groups in total. The van der Waals surface area contributed by atoms with Crippen LogP contribution in [0, 0.1) is 0 Å². The maximum absolute atomic E-state index is 11.2. The maximum atomic E-state index is 11.2. The summed E-state index contributed by atoms with van der Waals surface area (Å²) in [6, 6.07) is 7.39. The van der Waals surface area contributed by atoms with Crippen LogP contribution in [-0.4, -0.2) is 23.4 Å². The van der Waals surface area contributed by atoms with Crippen LogP contribution in [0.3, 0.4) is 0 Å². The van der Waals surface area contributed by atoms with E-state index in [0.717, 1.165) is 11.1 Å². The number of hydrogen-bond acceptors (Lipinski definition) is 6. The van der Waals surface area contributed by atoms with Gasteiger partial charge in [-0.1, -0.05) is 18.2 Å². The van der Waals surface area contributed by atoms with Crippen molar-refractivity contribution in [1.82, 2.24) is 0 Å². The van der Waals surface area contributed by atoms with Crippen molar-refractivity contribution in [2.75, 3.05) is 11.5 Å². The Morgan fingerprint density at radius 3 is 1.75 bits per heavy atom. The molecule has 0 aliphatic heterocycles. The molecule has 0 fully saturated rings. The number of rotatable bonds is 8. The van der Waals surface area contributed by atoms with Gasteiger partial charge in [-0.3, -0.25) is 9.59 Å². The fraction of sp³-hybridized carbons (Fsp3) is 0.429. The Morgan fingerprint density at radius 2 is 1.35 bits per heavy atom. The second-order valence-electron chi connectivity index (χ2n) is 4.09. The Labute approximate surface area is 129 Å². The Kier molecular flexibility index (Phi) is 8.22. The van der Waals surface area contributed by atoms with Crippen LogP contribution in [0.4, 0.5) is 0 Å². The normalized spacial score (nSPS) is 10.1. The molecule has 4 nitrogen and oxygen atoms in total. The molecule has 0 saturated heterocycles. The number of esters is 2. The summed E-state index contributed by atoms with van der Waals surface area (Å²) in [6.07, 6.45) is 0.592. The van der Waals surface area contributed by atoms with Gasteiger partial charge in [-0.25, -0.2) is 0 Å². The van der Waals surface area contributed by atoms with E-state index >= 15 is 0 Å². The highest BCUT2D eigenvalue weighted by Crippen LogP contribution is 2.09. The molecule has 1 aromatic carbocycles. The van der Waals surface area contributed by atoms with E-state index in [9.17, 15) is 9.59 Å². The van der Waals surface area contributed by atoms with Gasteiger partial charge in [-0.2, -0.15) is 25.3 Å². The molecule has 0 heterocycles. The summed E-state index contributed by atoms with van der Waals surface area (Å²) < 4.78 is 10.2. The highest BCUT2D eigenvalue weighted by molar-refractivity contribution is 7.80. The van der Waals surface area contributed by atoms with Gasteiger partial charge in [0.25, 0.3) is 0 Å². The van der Waals surface area contributed by atoms with Crippen LogP contribution in [0.15, 0.2) is 24.3 Å². The van der Waals surface area contributed by atoms with E-state index in [0.29, 0.717) is 24.3 Å². The lowest BCUT2D eigenvalue weighted by Crippen LogP contribution is -2.06. The molecule has 1 aromatic rings. The summed E-state index contributed by atoms with van der Waals surface area (Å²) in [7, 11) is 0. The molecule has 0 bridgehead atoms. The molecular weight excluding hydrogens is 296 g/mol. The first-order valence-corrected chi connectivity index (χ1v) is 7.53. The molecule has 0 unspecified atom stereocenters. The van der Waals surface area contributed by atoms with E-state index in [2.05, 4.69) is 25.3 Å². The van der Waals surface area contributed by atoms with Crippen molar-refractivity contribution < 1.29 is 19.1 Å². The number of thiol groups is 2. The molecule has 0 aliphatic carbocycles. The average molecular weight is 314 g/mol. The van der Waals surface area contributed by atoms with Gasteiger partial charge in [0.1, 0.15) is 13.2 Å². The van der Waals surface area contributed by atoms with Gasteiger partial charge in [0, 0.05) is 11.5 Å². The quantitative estimate of drug-likeness (QED) is 0.571. The highest BCUT2D eigenvalue weighted by atomic mass is 32.1. The molecule has 0 radical (unpaired) electrons. The van der Waals surface area contributed by atoms with Crippen LogP contribution >= 0.6 is 25.3 Å². The van der Waals surface area contributed by atoms with E-state index in [-0.39, 0.29) is 25.2 Å². The minimum absolute atomic E-state index is 0.213. The first kappa shape index (κ1) is 16.9. The fourth-order valence-electron chi connectivity index (χ4n) is 1.46. The Balaban J connectivity index is 2.45. The Morgan fingerprint density at radius 1 is 0.900 bits per heavy atom. The molecule has 110 valence electrons. The molecule has 1 rings (SSSR count). The minimum atomic E-state index is -0.273. The van der Waals surface area contributed by atoms with Crippen LogP contribution < -0.4 is 0 Å². The Bertz CT molecular complexity index is 411. The SMILES string of the molecule is O=C(CCS)OCc1cccc(COC(=O)CCS)c1. The highest BCUT2D eigenvalue weighted by Gasteiger charge is 2.04. The van der Waals surface area contributed by atoms with E-state index in [4.69, 9.17) is 9.47 Å². The molecule has 0 spiro atoms. The van der Waals surface area contributed by atoms with Crippen molar-refractivity contribution in [3.8, 4) is 0 Å². The van der Waals surface area contributed by atoms with Crippen LogP contribution in [0.1, 0.15) is 24.0 Å². The summed E-state index contributed by atoms with van der Waals surface area (Å²) >= 11 is 7.93. The first-order valence-electron chi connectivity index (χ1n) is 6.26. The van der Waals surface area contributed by atoms with Crippen molar-refractivity contribution in [1.29, 1.82) is 0 Å². The lowest BCUT2D eigenvalue weighted by Gasteiger charge is -2.07. The maximum Gasteiger partial charge on any atom is 0.306 e. The van der Waals surface area contributed by atoms with Crippen molar-refractivity contribution in [2.45, 2.75) is 26.1 Å². The topological polar surface area (TPSA) is 52.6 Å². The molecule has 0 aliphatic rings. The van der Waals surface area contributed by atoms with Crippen molar-refractivity contribution >= 4 is 37.2 Å². The van der Waals surface area contributed by atoms with Crippen molar-refractivity contribution in [3.63, 3.8) is 0 Å². The molecule has 0 saturated carbocycles. The number of carbonyl (C=O) groups is 2. The lowest BCUT2D eigenvalue weighted by molar-refractivity contribution is -0.145. The fourth-order valence-corrected chi connectivity index (χ4v) is 1.83. The minimum Gasteiger partial charge on any atom is -0.461 e. The molecule has 0 amide bonds. The summed E-state index contributed by atoms with van der Waals surface area (Å²) in [6.45, 7) is 0.427. The zero-order valence-corrected chi connectivity index (χ0v) is 12.9. The molecule has 0 aromatic heterocycles. The predicted molar refractivity (Wildman–Crippen MR) is 83.0 cm³/mol. The second-order valence-corrected chi connectivity index (χ2v) is 4.98. The van der Waals surface area contributed by atoms with E-state index in [1.807, 2.05) is 24.3 Å². The Hall–Kier alpha value is -1.14. The largest absolute Gasteiger partial charge is 0.461 e. The third-order valence-electron chi connectivity index (χ3n) is 2.42. The average Bonchev–Trinajstić information content (AvgIpc) is 2.44. The zero-order valence-electron chi connectivity index (χ0n) is 11.1. The van der Waals surface area contributed by atoms with Crippen LogP contribution in [0.25, 0.3) is 0 Å². The van der Waals surface area contributed by atoms with Gasteiger partial charge in [0.2, 0.25) is 0 Å². The van der Waals surface area contributed by atoms with Gasteiger partial charge in [-0.15, -0.1) is 0 Å². The smallest absolute Gasteiger partial charge is 0.306 e. The third-order valence-corrected chi connectivity index (χ3v) is 2.87. The third kappa shape index (κ3) is 6.86. The van der Waals surface area contributed by atoms with E-state index in [1.54, 1.807) is 0 Å². The number of hydrogen-bond donors (Lipinski definition) is 2. The van der Waals surface area contributed by atoms with Gasteiger partial charge < -0.3 is 9.47 Å². The van der Waals surface area contributed by atoms with Crippen LogP contribution in [-0.2, 0) is 32.3 Å². The van der Waals surface area contributed by atoms with Crippen LogP contribution in [0.2, 0.25) is 0 Å². The standard InChI is InChI=1S/C14H18O4S2/c15-13(4-6-19)17-9-11-2-1-3-12(8-11)10-18-14(16)5-7-20/h1-3,8,19-20H,4-7,9-10H2. The summed E-state index contributed by atoms with van der Waals surface area (Å²) in [5.41, 5.74) is 1.72. The number of carbonyl (C=O) groups excluding carboxylic acids is 2. The van der Waals surface area contributed by atoms with Crippen molar-refractivity contribution in [3.05, 3.63) is 35.4 Å². The number of benzene rings is 1.